The van der Waals surface area contributed by atoms with Crippen molar-refractivity contribution >= 4 is 39.5 Å². The predicted molar refractivity (Wildman–Crippen MR) is 418 cm³/mol. The first-order valence-electron chi connectivity index (χ1n) is 40.1. The van der Waals surface area contributed by atoms with E-state index in [1.807, 2.05) is 12.2 Å². The van der Waals surface area contributed by atoms with E-state index in [1.54, 1.807) is 0 Å². The minimum atomic E-state index is -4.99. The first-order valence-corrected chi connectivity index (χ1v) is 43.1. The van der Waals surface area contributed by atoms with Gasteiger partial charge in [-0.05, 0) is 148 Å². The molecule has 0 aromatic rings. The SMILES string of the molecule is CC/C=C\C/C=C\C/C=C\C/C=C\C/C=C\CCCC(=O)OCC(COP(=O)(O)OCC(O)COP(=O)(O)OCC(COC(=O)CCCCCCC/C=C\C/C=C\CCCCC)OC(=O)CCCCCCC/C=C\CCCCCCCC)OC(=O)CCCCCCC/C=C\CCCCCCCC. The molecule has 102 heavy (non-hydrogen) atoms. The average molecular weight is 1480 g/mol. The minimum Gasteiger partial charge on any atom is -0.462 e. The van der Waals surface area contributed by atoms with Gasteiger partial charge in [0.15, 0.2) is 12.2 Å². The van der Waals surface area contributed by atoms with Crippen molar-refractivity contribution in [3.05, 3.63) is 109 Å². The van der Waals surface area contributed by atoms with E-state index in [1.165, 1.54) is 96.3 Å². The van der Waals surface area contributed by atoms with E-state index in [4.69, 9.17) is 37.0 Å². The molecule has 0 heterocycles. The number of rotatable bonds is 75. The number of carbonyl (C=O) groups excluding carboxylic acids is 4. The van der Waals surface area contributed by atoms with Crippen LogP contribution in [0.15, 0.2) is 109 Å². The molecule has 0 spiro atoms. The molecule has 3 N–H and O–H groups in total. The first kappa shape index (κ1) is 97.7. The Bertz CT molecular complexity index is 2360. The number of phosphoric acid groups is 2. The largest absolute Gasteiger partial charge is 0.472 e. The number of phosphoric ester groups is 2. The highest BCUT2D eigenvalue weighted by Gasteiger charge is 2.30. The summed E-state index contributed by atoms with van der Waals surface area (Å²) in [6.45, 7) is 4.66. The maximum atomic E-state index is 13.1. The summed E-state index contributed by atoms with van der Waals surface area (Å²) in [6.07, 6.45) is 80.7. The standard InChI is InChI=1S/C83H144O17P2/c1-5-9-13-17-21-25-29-33-37-38-42-44-48-52-56-60-64-68-81(86)94-74-79(100-83(88)70-66-62-58-54-50-46-41-36-32-28-24-20-16-12-8-4)76-98-102(91,92)96-72-77(84)71-95-101(89,90)97-75-78(99-82(87)69-65-61-57-53-49-45-40-35-31-27-23-19-15-11-7-3)73-93-80(85)67-63-59-55-51-47-43-39-34-30-26-22-18-14-10-6-2/h9,13,21-22,25-26,33-37,39-42,44,52,56,77-79,84H,5-8,10-12,14-20,23-24,27-32,38,43,45-51,53-55,57-76H2,1-4H3,(H,89,90)(H,91,92)/b13-9-,25-21-,26-22-,37-33-,39-34-,40-35-,41-36-,44-42-,56-52-. The van der Waals surface area contributed by atoms with Crippen molar-refractivity contribution in [3.63, 3.8) is 0 Å². The molecule has 0 aliphatic carbocycles. The quantitative estimate of drug-likeness (QED) is 0.0169. The Morgan fingerprint density at radius 3 is 0.853 bits per heavy atom. The van der Waals surface area contributed by atoms with Crippen LogP contribution in [0.5, 0.6) is 0 Å². The van der Waals surface area contributed by atoms with Gasteiger partial charge in [-0.3, -0.25) is 37.3 Å². The Kier molecular flexibility index (Phi) is 71.8. The summed E-state index contributed by atoms with van der Waals surface area (Å²) in [5.74, 6) is -2.26. The number of ether oxygens (including phenoxy) is 4. The van der Waals surface area contributed by atoms with Gasteiger partial charge in [-0.1, -0.05) is 272 Å². The van der Waals surface area contributed by atoms with Crippen molar-refractivity contribution < 1.29 is 80.2 Å². The molecule has 19 heteroatoms. The van der Waals surface area contributed by atoms with Crippen molar-refractivity contribution in [3.8, 4) is 0 Å². The van der Waals surface area contributed by atoms with Gasteiger partial charge in [0.25, 0.3) is 0 Å². The molecule has 0 fully saturated rings. The number of allylic oxidation sites excluding steroid dienone is 18. The average Bonchev–Trinajstić information content (AvgIpc) is 0.923. The van der Waals surface area contributed by atoms with Crippen molar-refractivity contribution in [2.45, 2.75) is 354 Å². The fourth-order valence-corrected chi connectivity index (χ4v) is 12.1. The van der Waals surface area contributed by atoms with Crippen LogP contribution in [0.3, 0.4) is 0 Å². The van der Waals surface area contributed by atoms with E-state index >= 15 is 0 Å². The molecule has 5 unspecified atom stereocenters. The number of aliphatic hydroxyl groups excluding tert-OH is 1. The van der Waals surface area contributed by atoms with Crippen LogP contribution < -0.4 is 0 Å². The van der Waals surface area contributed by atoms with Crippen molar-refractivity contribution in [2.75, 3.05) is 39.6 Å². The van der Waals surface area contributed by atoms with Gasteiger partial charge in [0.1, 0.15) is 19.3 Å². The lowest BCUT2D eigenvalue weighted by molar-refractivity contribution is -0.161. The third-order valence-electron chi connectivity index (χ3n) is 16.7. The van der Waals surface area contributed by atoms with E-state index < -0.39 is 97.5 Å². The Labute approximate surface area is 619 Å². The lowest BCUT2D eigenvalue weighted by Crippen LogP contribution is -2.30. The summed E-state index contributed by atoms with van der Waals surface area (Å²) >= 11 is 0. The molecule has 0 aliphatic heterocycles. The van der Waals surface area contributed by atoms with Gasteiger partial charge in [-0.15, -0.1) is 0 Å². The molecule has 17 nitrogen and oxygen atoms in total. The molecule has 0 amide bonds. The van der Waals surface area contributed by atoms with E-state index in [0.29, 0.717) is 32.1 Å². The zero-order valence-electron chi connectivity index (χ0n) is 64.3. The third kappa shape index (κ3) is 74.0. The highest BCUT2D eigenvalue weighted by molar-refractivity contribution is 7.47. The van der Waals surface area contributed by atoms with Gasteiger partial charge in [0, 0.05) is 25.7 Å². The van der Waals surface area contributed by atoms with Crippen LogP contribution in [0.4, 0.5) is 0 Å². The molecular weight excluding hydrogens is 1330 g/mol. The van der Waals surface area contributed by atoms with Gasteiger partial charge in [0.05, 0.1) is 26.4 Å². The zero-order chi connectivity index (χ0) is 74.6. The lowest BCUT2D eigenvalue weighted by atomic mass is 10.1. The number of carbonyl (C=O) groups is 4. The van der Waals surface area contributed by atoms with Gasteiger partial charge < -0.3 is 33.8 Å². The number of esters is 4. The fraction of sp³-hybridized carbons (Fsp3) is 0.735. The Balaban J connectivity index is 5.42. The Hall–Kier alpha value is -4.28. The molecule has 0 rings (SSSR count). The molecule has 0 aliphatic rings. The molecule has 0 aromatic carbocycles. The molecule has 5 atom stereocenters. The molecule has 0 bridgehead atoms. The van der Waals surface area contributed by atoms with E-state index in [2.05, 4.69) is 125 Å². The van der Waals surface area contributed by atoms with Crippen LogP contribution in [0.2, 0.25) is 0 Å². The highest BCUT2D eigenvalue weighted by Crippen LogP contribution is 2.45. The topological polar surface area (TPSA) is 237 Å². The highest BCUT2D eigenvalue weighted by atomic mass is 31.2. The van der Waals surface area contributed by atoms with Crippen molar-refractivity contribution in [1.29, 1.82) is 0 Å². The van der Waals surface area contributed by atoms with Gasteiger partial charge in [-0.2, -0.15) is 0 Å². The molecular formula is C83H144O17P2. The summed E-state index contributed by atoms with van der Waals surface area (Å²) in [5.41, 5.74) is 0. The Morgan fingerprint density at radius 1 is 0.284 bits per heavy atom. The molecule has 588 valence electrons. The number of unbranched alkanes of at least 4 members (excludes halogenated alkanes) is 31. The van der Waals surface area contributed by atoms with Crippen molar-refractivity contribution in [2.24, 2.45) is 0 Å². The maximum absolute atomic E-state index is 13.1. The molecule has 0 radical (unpaired) electrons. The first-order chi connectivity index (χ1) is 49.7. The normalized spacial score (nSPS) is 14.5. The lowest BCUT2D eigenvalue weighted by Gasteiger charge is -2.21. The second-order valence-electron chi connectivity index (χ2n) is 26.6. The summed E-state index contributed by atoms with van der Waals surface area (Å²) < 4.78 is 68.5. The zero-order valence-corrected chi connectivity index (χ0v) is 66.0. The second-order valence-corrected chi connectivity index (χ2v) is 29.5. The summed E-state index contributed by atoms with van der Waals surface area (Å²) in [5, 5.41) is 10.6. The minimum absolute atomic E-state index is 0.0718. The summed E-state index contributed by atoms with van der Waals surface area (Å²) in [7, 11) is -9.98. The molecule has 0 saturated heterocycles. The van der Waals surface area contributed by atoms with Crippen LogP contribution in [-0.4, -0.2) is 96.7 Å². The van der Waals surface area contributed by atoms with Crippen LogP contribution >= 0.6 is 15.6 Å². The fourth-order valence-electron chi connectivity index (χ4n) is 10.6. The van der Waals surface area contributed by atoms with Gasteiger partial charge >= 0.3 is 39.5 Å². The molecule has 0 saturated carbocycles. The van der Waals surface area contributed by atoms with E-state index in [9.17, 15) is 43.2 Å². The van der Waals surface area contributed by atoms with Crippen LogP contribution in [0.25, 0.3) is 0 Å². The van der Waals surface area contributed by atoms with E-state index in [0.717, 1.165) is 154 Å². The maximum Gasteiger partial charge on any atom is 0.472 e. The summed E-state index contributed by atoms with van der Waals surface area (Å²) in [6, 6.07) is 0. The monoisotopic (exact) mass is 1470 g/mol. The number of hydrogen-bond acceptors (Lipinski definition) is 15. The van der Waals surface area contributed by atoms with Gasteiger partial charge in [0.2, 0.25) is 0 Å². The number of hydrogen-bond donors (Lipinski definition) is 3. The Morgan fingerprint density at radius 2 is 0.520 bits per heavy atom. The summed E-state index contributed by atoms with van der Waals surface area (Å²) in [4.78, 5) is 73.0. The van der Waals surface area contributed by atoms with Crippen LogP contribution in [-0.2, 0) is 65.4 Å². The second kappa shape index (κ2) is 75.0. The number of aliphatic hydroxyl groups is 1. The van der Waals surface area contributed by atoms with E-state index in [-0.39, 0.29) is 25.7 Å². The van der Waals surface area contributed by atoms with Crippen LogP contribution in [0, 0.1) is 0 Å². The van der Waals surface area contributed by atoms with Crippen LogP contribution in [0.1, 0.15) is 336 Å². The third-order valence-corrected chi connectivity index (χ3v) is 18.6. The smallest absolute Gasteiger partial charge is 0.462 e. The predicted octanol–water partition coefficient (Wildman–Crippen LogP) is 23.3. The van der Waals surface area contributed by atoms with Gasteiger partial charge in [-0.25, -0.2) is 9.13 Å². The van der Waals surface area contributed by atoms with Crippen molar-refractivity contribution in [1.82, 2.24) is 0 Å². The molecule has 0 aromatic heterocycles.